The number of hydrogen-bond acceptors (Lipinski definition) is 5. The molecule has 0 saturated heterocycles. The van der Waals surface area contributed by atoms with Gasteiger partial charge in [-0.2, -0.15) is 0 Å². The molecule has 8 nitrogen and oxygen atoms in total. The molecule has 198 valence electrons. The minimum absolute atomic E-state index is 0.152. The number of anilines is 1. The van der Waals surface area contributed by atoms with Crippen LogP contribution in [0, 0.1) is 6.92 Å². The zero-order valence-corrected chi connectivity index (χ0v) is 24.0. The number of ether oxygens (including phenoxy) is 1. The lowest BCUT2D eigenvalue weighted by molar-refractivity contribution is -0.140. The van der Waals surface area contributed by atoms with E-state index in [1.807, 2.05) is 32.9 Å². The molecular weight excluding hydrogens is 546 g/mol. The number of hydrogen-bond donors (Lipinski definition) is 1. The number of benzene rings is 2. The topological polar surface area (TPSA) is 96.0 Å². The lowest BCUT2D eigenvalue weighted by Crippen LogP contribution is -2.52. The van der Waals surface area contributed by atoms with Crippen LogP contribution in [0.25, 0.3) is 0 Å². The van der Waals surface area contributed by atoms with Gasteiger partial charge in [0.1, 0.15) is 18.3 Å². The molecule has 10 heteroatoms. The Labute approximate surface area is 223 Å². The summed E-state index contributed by atoms with van der Waals surface area (Å²) in [6.45, 7) is 5.97. The van der Waals surface area contributed by atoms with Crippen LogP contribution in [0.4, 0.5) is 5.69 Å². The highest BCUT2D eigenvalue weighted by molar-refractivity contribution is 9.10. The van der Waals surface area contributed by atoms with Crippen molar-refractivity contribution in [1.82, 2.24) is 10.2 Å². The Kier molecular flexibility index (Phi) is 11.2. The Morgan fingerprint density at radius 3 is 2.31 bits per heavy atom. The Bertz CT molecular complexity index is 1140. The number of carbonyl (C=O) groups excluding carboxylic acids is 2. The molecule has 2 rings (SSSR count). The number of nitrogens with zero attached hydrogens (tertiary/aromatic N) is 2. The average Bonchev–Trinajstić information content (AvgIpc) is 2.84. The van der Waals surface area contributed by atoms with Crippen LogP contribution in [0.1, 0.15) is 44.2 Å². The fourth-order valence-electron chi connectivity index (χ4n) is 3.75. The van der Waals surface area contributed by atoms with E-state index >= 15 is 0 Å². The van der Waals surface area contributed by atoms with Crippen LogP contribution in [0.5, 0.6) is 5.75 Å². The number of aryl methyl sites for hydroxylation is 1. The third kappa shape index (κ3) is 8.23. The van der Waals surface area contributed by atoms with Crippen molar-refractivity contribution in [2.45, 2.75) is 52.6 Å². The second-order valence-electron chi connectivity index (χ2n) is 8.64. The van der Waals surface area contributed by atoms with Crippen molar-refractivity contribution in [2.75, 3.05) is 30.8 Å². The van der Waals surface area contributed by atoms with Gasteiger partial charge in [0.2, 0.25) is 21.8 Å². The SMILES string of the molecule is CCCCNC(=O)C(CC)N(Cc1ccc(OC)cc1)C(=O)CN(c1ccc(Br)c(C)c1)S(C)(=O)=O. The van der Waals surface area contributed by atoms with Crippen LogP contribution in [-0.4, -0.2) is 57.6 Å². The minimum Gasteiger partial charge on any atom is -0.497 e. The van der Waals surface area contributed by atoms with E-state index < -0.39 is 28.5 Å². The van der Waals surface area contributed by atoms with Crippen molar-refractivity contribution in [1.29, 1.82) is 0 Å². The van der Waals surface area contributed by atoms with E-state index in [1.165, 1.54) is 4.90 Å². The van der Waals surface area contributed by atoms with Gasteiger partial charge in [-0.25, -0.2) is 8.42 Å². The standard InChI is InChI=1S/C26H36BrN3O5S/c1-6-8-15-28-26(32)24(7-2)29(17-20-9-12-22(35-4)13-10-20)25(31)18-30(36(5,33)34)21-11-14-23(27)19(3)16-21/h9-14,16,24H,6-8,15,17-18H2,1-5H3,(H,28,32). The molecule has 0 radical (unpaired) electrons. The lowest BCUT2D eigenvalue weighted by Gasteiger charge is -2.33. The molecule has 0 spiro atoms. The van der Waals surface area contributed by atoms with Gasteiger partial charge in [-0.3, -0.25) is 13.9 Å². The molecule has 36 heavy (non-hydrogen) atoms. The summed E-state index contributed by atoms with van der Waals surface area (Å²) in [5, 5.41) is 2.91. The Morgan fingerprint density at radius 2 is 1.78 bits per heavy atom. The molecule has 0 saturated carbocycles. The van der Waals surface area contributed by atoms with Gasteiger partial charge in [-0.1, -0.05) is 48.3 Å². The monoisotopic (exact) mass is 581 g/mol. The molecule has 0 aromatic heterocycles. The van der Waals surface area contributed by atoms with Crippen molar-refractivity contribution in [2.24, 2.45) is 0 Å². The van der Waals surface area contributed by atoms with Gasteiger partial charge in [0.25, 0.3) is 0 Å². The molecule has 0 aliphatic rings. The van der Waals surface area contributed by atoms with E-state index in [4.69, 9.17) is 4.74 Å². The van der Waals surface area contributed by atoms with Gasteiger partial charge in [0, 0.05) is 17.6 Å². The Morgan fingerprint density at radius 1 is 1.11 bits per heavy atom. The lowest BCUT2D eigenvalue weighted by atomic mass is 10.1. The Balaban J connectivity index is 2.42. The van der Waals surface area contributed by atoms with Crippen molar-refractivity contribution in [3.05, 3.63) is 58.1 Å². The van der Waals surface area contributed by atoms with Crippen molar-refractivity contribution < 1.29 is 22.7 Å². The van der Waals surface area contributed by atoms with Crippen LogP contribution >= 0.6 is 15.9 Å². The van der Waals surface area contributed by atoms with E-state index in [0.29, 0.717) is 24.4 Å². The van der Waals surface area contributed by atoms with E-state index in [1.54, 1.807) is 37.4 Å². The molecule has 1 unspecified atom stereocenters. The number of halogens is 1. The van der Waals surface area contributed by atoms with Gasteiger partial charge >= 0.3 is 0 Å². The maximum atomic E-state index is 13.7. The predicted octanol–water partition coefficient (Wildman–Crippen LogP) is 4.26. The largest absolute Gasteiger partial charge is 0.497 e. The normalized spacial score (nSPS) is 12.1. The molecule has 0 fully saturated rings. The zero-order valence-electron chi connectivity index (χ0n) is 21.6. The summed E-state index contributed by atoms with van der Waals surface area (Å²) in [6, 6.07) is 11.6. The zero-order chi connectivity index (χ0) is 26.9. The molecule has 2 amide bonds. The van der Waals surface area contributed by atoms with Crippen LogP contribution in [0.15, 0.2) is 46.9 Å². The first-order valence-electron chi connectivity index (χ1n) is 12.0. The number of amides is 2. The summed E-state index contributed by atoms with van der Waals surface area (Å²) in [7, 11) is -2.20. The summed E-state index contributed by atoms with van der Waals surface area (Å²) in [5.41, 5.74) is 2.02. The first-order valence-corrected chi connectivity index (χ1v) is 14.6. The van der Waals surface area contributed by atoms with Gasteiger partial charge in [0.05, 0.1) is 19.1 Å². The summed E-state index contributed by atoms with van der Waals surface area (Å²) >= 11 is 3.42. The molecular formula is C26H36BrN3O5S. The second kappa shape index (κ2) is 13.6. The summed E-state index contributed by atoms with van der Waals surface area (Å²) in [6.07, 6.45) is 3.22. The smallest absolute Gasteiger partial charge is 0.244 e. The molecule has 2 aromatic carbocycles. The highest BCUT2D eigenvalue weighted by Gasteiger charge is 2.31. The van der Waals surface area contributed by atoms with Gasteiger partial charge < -0.3 is 15.0 Å². The average molecular weight is 583 g/mol. The first-order chi connectivity index (χ1) is 17.0. The Hall–Kier alpha value is -2.59. The molecule has 0 aliphatic carbocycles. The van der Waals surface area contributed by atoms with Crippen LogP contribution < -0.4 is 14.4 Å². The van der Waals surface area contributed by atoms with Crippen LogP contribution in [0.3, 0.4) is 0 Å². The van der Waals surface area contributed by atoms with Crippen molar-refractivity contribution in [3.8, 4) is 5.75 Å². The van der Waals surface area contributed by atoms with Crippen LogP contribution in [-0.2, 0) is 26.2 Å². The fourth-order valence-corrected chi connectivity index (χ4v) is 4.84. The van der Waals surface area contributed by atoms with Crippen molar-refractivity contribution >= 4 is 43.5 Å². The van der Waals surface area contributed by atoms with E-state index in [0.717, 1.165) is 39.0 Å². The van der Waals surface area contributed by atoms with E-state index in [9.17, 15) is 18.0 Å². The van der Waals surface area contributed by atoms with E-state index in [-0.39, 0.29) is 12.5 Å². The maximum absolute atomic E-state index is 13.7. The predicted molar refractivity (Wildman–Crippen MR) is 147 cm³/mol. The number of carbonyl (C=O) groups is 2. The molecule has 0 bridgehead atoms. The van der Waals surface area contributed by atoms with Crippen LogP contribution in [0.2, 0.25) is 0 Å². The fraction of sp³-hybridized carbons (Fsp3) is 0.462. The third-order valence-electron chi connectivity index (χ3n) is 5.84. The number of unbranched alkanes of at least 4 members (excludes halogenated alkanes) is 1. The number of sulfonamides is 1. The number of methoxy groups -OCH3 is 1. The number of rotatable bonds is 13. The highest BCUT2D eigenvalue weighted by Crippen LogP contribution is 2.25. The molecule has 2 aromatic rings. The van der Waals surface area contributed by atoms with Crippen molar-refractivity contribution in [3.63, 3.8) is 0 Å². The third-order valence-corrected chi connectivity index (χ3v) is 7.87. The summed E-state index contributed by atoms with van der Waals surface area (Å²) in [4.78, 5) is 28.2. The van der Waals surface area contributed by atoms with E-state index in [2.05, 4.69) is 21.2 Å². The second-order valence-corrected chi connectivity index (χ2v) is 11.4. The first kappa shape index (κ1) is 29.6. The molecule has 1 atom stereocenters. The van der Waals surface area contributed by atoms with Gasteiger partial charge in [-0.05, 0) is 61.2 Å². The maximum Gasteiger partial charge on any atom is 0.244 e. The van der Waals surface area contributed by atoms with Gasteiger partial charge in [-0.15, -0.1) is 0 Å². The highest BCUT2D eigenvalue weighted by atomic mass is 79.9. The molecule has 1 N–H and O–H groups in total. The minimum atomic E-state index is -3.77. The quantitative estimate of drug-likeness (QED) is 0.357. The van der Waals surface area contributed by atoms with Gasteiger partial charge in [0.15, 0.2) is 0 Å². The summed E-state index contributed by atoms with van der Waals surface area (Å²) in [5.74, 6) is -0.0395. The number of nitrogens with one attached hydrogen (secondary N) is 1. The molecule has 0 heterocycles. The summed E-state index contributed by atoms with van der Waals surface area (Å²) < 4.78 is 32.6. The molecule has 0 aliphatic heterocycles.